The lowest BCUT2D eigenvalue weighted by Crippen LogP contribution is -2.48. The summed E-state index contributed by atoms with van der Waals surface area (Å²) in [4.78, 5) is 16.9. The van der Waals surface area contributed by atoms with E-state index in [-0.39, 0.29) is 12.6 Å². The summed E-state index contributed by atoms with van der Waals surface area (Å²) in [5.41, 5.74) is 2.27. The van der Waals surface area contributed by atoms with Crippen LogP contribution in [0.4, 0.5) is 0 Å². The van der Waals surface area contributed by atoms with E-state index in [1.54, 1.807) is 29.1 Å². The Kier molecular flexibility index (Phi) is 7.26. The van der Waals surface area contributed by atoms with Gasteiger partial charge < -0.3 is 9.64 Å². The average Bonchev–Trinajstić information content (AvgIpc) is 3.26. The molecule has 1 aromatic heterocycles. The van der Waals surface area contributed by atoms with Gasteiger partial charge in [-0.05, 0) is 48.9 Å². The lowest BCUT2D eigenvalue weighted by molar-refractivity contribution is 0.0621. The first-order valence-electron chi connectivity index (χ1n) is 10.3. The number of ether oxygens (including phenoxy) is 1. The maximum Gasteiger partial charge on any atom is 0.274 e. The topological polar surface area (TPSA) is 50.6 Å². The van der Waals surface area contributed by atoms with E-state index in [0.29, 0.717) is 46.1 Å². The maximum atomic E-state index is 12.9. The predicted molar refractivity (Wildman–Crippen MR) is 127 cm³/mol. The molecular formula is C23H23Cl3N4O2. The van der Waals surface area contributed by atoms with Gasteiger partial charge in [0.1, 0.15) is 5.75 Å². The SMILES string of the molecule is Cc1cc(OCn2ccc(C(=O)N3CCN(Cc4c(Cl)cccc4Cl)CC3)n2)ccc1Cl. The Morgan fingerprint density at radius 2 is 1.72 bits per heavy atom. The Bertz CT molecular complexity index is 1090. The Morgan fingerprint density at radius 1 is 1.00 bits per heavy atom. The first-order chi connectivity index (χ1) is 15.4. The molecule has 1 amide bonds. The molecule has 0 radical (unpaired) electrons. The fourth-order valence-electron chi connectivity index (χ4n) is 3.57. The molecule has 0 atom stereocenters. The number of aryl methyl sites for hydroxylation is 1. The molecule has 32 heavy (non-hydrogen) atoms. The summed E-state index contributed by atoms with van der Waals surface area (Å²) < 4.78 is 7.35. The molecule has 168 valence electrons. The van der Waals surface area contributed by atoms with Gasteiger partial charge in [-0.3, -0.25) is 9.69 Å². The van der Waals surface area contributed by atoms with Crippen LogP contribution in [-0.2, 0) is 13.3 Å². The summed E-state index contributed by atoms with van der Waals surface area (Å²) >= 11 is 18.6. The number of benzene rings is 2. The van der Waals surface area contributed by atoms with Gasteiger partial charge >= 0.3 is 0 Å². The normalized spacial score (nSPS) is 14.6. The molecular weight excluding hydrogens is 471 g/mol. The van der Waals surface area contributed by atoms with E-state index in [2.05, 4.69) is 10.00 Å². The zero-order chi connectivity index (χ0) is 22.7. The molecule has 0 saturated carbocycles. The molecule has 1 saturated heterocycles. The van der Waals surface area contributed by atoms with Crippen LogP contribution in [0.15, 0.2) is 48.7 Å². The Balaban J connectivity index is 1.30. The van der Waals surface area contributed by atoms with Crippen LogP contribution in [0, 0.1) is 6.92 Å². The molecule has 2 aromatic carbocycles. The van der Waals surface area contributed by atoms with Gasteiger partial charge in [0.25, 0.3) is 5.91 Å². The minimum atomic E-state index is -0.0819. The number of carbonyl (C=O) groups excluding carboxylic acids is 1. The first kappa shape index (κ1) is 22.9. The summed E-state index contributed by atoms with van der Waals surface area (Å²) in [6.07, 6.45) is 1.74. The zero-order valence-corrected chi connectivity index (χ0v) is 19.9. The van der Waals surface area contributed by atoms with Gasteiger partial charge in [0.05, 0.1) is 0 Å². The summed E-state index contributed by atoms with van der Waals surface area (Å²) in [5, 5.41) is 6.40. The Hall–Kier alpha value is -2.25. The quantitative estimate of drug-likeness (QED) is 0.477. The third kappa shape index (κ3) is 5.38. The molecule has 1 aliphatic rings. The fourth-order valence-corrected chi connectivity index (χ4v) is 4.21. The summed E-state index contributed by atoms with van der Waals surface area (Å²) in [6.45, 7) is 5.52. The molecule has 1 fully saturated rings. The third-order valence-corrected chi connectivity index (χ3v) is 6.59. The van der Waals surface area contributed by atoms with Gasteiger partial charge in [-0.1, -0.05) is 40.9 Å². The van der Waals surface area contributed by atoms with Crippen molar-refractivity contribution >= 4 is 40.7 Å². The highest BCUT2D eigenvalue weighted by Gasteiger charge is 2.24. The molecule has 2 heterocycles. The minimum absolute atomic E-state index is 0.0819. The number of piperazine rings is 1. The van der Waals surface area contributed by atoms with Gasteiger partial charge in [-0.25, -0.2) is 4.68 Å². The number of carbonyl (C=O) groups is 1. The van der Waals surface area contributed by atoms with Crippen LogP contribution < -0.4 is 4.74 Å². The van der Waals surface area contributed by atoms with Crippen LogP contribution in [0.3, 0.4) is 0 Å². The number of halogens is 3. The molecule has 4 rings (SSSR count). The van der Waals surface area contributed by atoms with E-state index in [4.69, 9.17) is 39.5 Å². The highest BCUT2D eigenvalue weighted by molar-refractivity contribution is 6.36. The van der Waals surface area contributed by atoms with Gasteiger partial charge in [-0.15, -0.1) is 0 Å². The van der Waals surface area contributed by atoms with E-state index in [0.717, 1.165) is 24.2 Å². The second-order valence-electron chi connectivity index (χ2n) is 7.69. The molecule has 6 nitrogen and oxygen atoms in total. The van der Waals surface area contributed by atoms with E-state index in [9.17, 15) is 4.79 Å². The highest BCUT2D eigenvalue weighted by atomic mass is 35.5. The molecule has 9 heteroatoms. The summed E-state index contributed by atoms with van der Waals surface area (Å²) in [5.74, 6) is 0.617. The number of rotatable bonds is 6. The predicted octanol–water partition coefficient (Wildman–Crippen LogP) is 5.15. The fraction of sp³-hybridized carbons (Fsp3) is 0.304. The van der Waals surface area contributed by atoms with Crippen LogP contribution in [0.2, 0.25) is 15.1 Å². The molecule has 3 aromatic rings. The van der Waals surface area contributed by atoms with Crippen LogP contribution >= 0.6 is 34.8 Å². The van der Waals surface area contributed by atoms with Crippen LogP contribution in [0.25, 0.3) is 0 Å². The second kappa shape index (κ2) is 10.1. The number of amides is 1. The molecule has 0 aliphatic carbocycles. The average molecular weight is 494 g/mol. The molecule has 0 spiro atoms. The van der Waals surface area contributed by atoms with Crippen molar-refractivity contribution in [1.29, 1.82) is 0 Å². The van der Waals surface area contributed by atoms with Crippen LogP contribution in [0.5, 0.6) is 5.75 Å². The number of nitrogens with zero attached hydrogens (tertiary/aromatic N) is 4. The van der Waals surface area contributed by atoms with Gasteiger partial charge in [0, 0.05) is 59.6 Å². The lowest BCUT2D eigenvalue weighted by atomic mass is 10.2. The van der Waals surface area contributed by atoms with Gasteiger partial charge in [0.2, 0.25) is 0 Å². The van der Waals surface area contributed by atoms with E-state index in [1.807, 2.05) is 36.1 Å². The second-order valence-corrected chi connectivity index (χ2v) is 8.92. The molecule has 0 N–H and O–H groups in total. The zero-order valence-electron chi connectivity index (χ0n) is 17.6. The lowest BCUT2D eigenvalue weighted by Gasteiger charge is -2.34. The van der Waals surface area contributed by atoms with E-state index < -0.39 is 0 Å². The van der Waals surface area contributed by atoms with Crippen molar-refractivity contribution in [2.45, 2.75) is 20.2 Å². The van der Waals surface area contributed by atoms with Crippen molar-refractivity contribution in [3.63, 3.8) is 0 Å². The van der Waals surface area contributed by atoms with Crippen molar-refractivity contribution < 1.29 is 9.53 Å². The van der Waals surface area contributed by atoms with Crippen molar-refractivity contribution in [3.05, 3.63) is 80.6 Å². The standard InChI is InChI=1S/C23H23Cl3N4O2/c1-16-13-17(5-6-19(16)24)32-15-30-8-7-22(27-30)23(31)29-11-9-28(10-12-29)14-18-20(25)3-2-4-21(18)26/h2-8,13H,9-12,14-15H2,1H3. The van der Waals surface area contributed by atoms with Crippen molar-refractivity contribution in [1.82, 2.24) is 19.6 Å². The Morgan fingerprint density at radius 3 is 2.41 bits per heavy atom. The number of hydrogen-bond acceptors (Lipinski definition) is 4. The molecule has 0 unspecified atom stereocenters. The van der Waals surface area contributed by atoms with Crippen molar-refractivity contribution in [2.24, 2.45) is 0 Å². The summed E-state index contributed by atoms with van der Waals surface area (Å²) in [6, 6.07) is 12.7. The van der Waals surface area contributed by atoms with Crippen LogP contribution in [0.1, 0.15) is 21.6 Å². The van der Waals surface area contributed by atoms with Gasteiger partial charge in [-0.2, -0.15) is 5.10 Å². The summed E-state index contributed by atoms with van der Waals surface area (Å²) in [7, 11) is 0. The van der Waals surface area contributed by atoms with Crippen LogP contribution in [-0.4, -0.2) is 51.7 Å². The molecule has 0 bridgehead atoms. The number of aromatic nitrogens is 2. The first-order valence-corrected chi connectivity index (χ1v) is 11.4. The van der Waals surface area contributed by atoms with E-state index >= 15 is 0 Å². The van der Waals surface area contributed by atoms with Gasteiger partial charge in [0.15, 0.2) is 12.4 Å². The molecule has 1 aliphatic heterocycles. The highest BCUT2D eigenvalue weighted by Crippen LogP contribution is 2.26. The Labute approximate surface area is 202 Å². The minimum Gasteiger partial charge on any atom is -0.471 e. The smallest absolute Gasteiger partial charge is 0.274 e. The maximum absolute atomic E-state index is 12.9. The van der Waals surface area contributed by atoms with Crippen molar-refractivity contribution in [2.75, 3.05) is 26.2 Å². The third-order valence-electron chi connectivity index (χ3n) is 5.46. The van der Waals surface area contributed by atoms with E-state index in [1.165, 1.54) is 0 Å². The monoisotopic (exact) mass is 492 g/mol. The van der Waals surface area contributed by atoms with Crippen molar-refractivity contribution in [3.8, 4) is 5.75 Å². The largest absolute Gasteiger partial charge is 0.471 e. The number of hydrogen-bond donors (Lipinski definition) is 0.